The fourth-order valence-electron chi connectivity index (χ4n) is 2.55. The Balaban J connectivity index is 2.42. The molecule has 0 aliphatic heterocycles. The van der Waals surface area contributed by atoms with Crippen LogP contribution in [-0.4, -0.2) is 0 Å². The van der Waals surface area contributed by atoms with Gasteiger partial charge < -0.3 is 0 Å². The maximum Gasteiger partial charge on any atom is -0.0325 e. The number of hydrogen-bond donors (Lipinski definition) is 0. The molecule has 0 amide bonds. The summed E-state index contributed by atoms with van der Waals surface area (Å²) < 4.78 is 0. The zero-order chi connectivity index (χ0) is 11.9. The van der Waals surface area contributed by atoms with E-state index in [0.29, 0.717) is 5.41 Å². The molecular formula is C16H30. The van der Waals surface area contributed by atoms with Gasteiger partial charge in [0.05, 0.1) is 0 Å². The van der Waals surface area contributed by atoms with E-state index in [1.165, 1.54) is 57.8 Å². The van der Waals surface area contributed by atoms with Crippen LogP contribution in [0.2, 0.25) is 0 Å². The summed E-state index contributed by atoms with van der Waals surface area (Å²) in [7, 11) is 0. The van der Waals surface area contributed by atoms with Gasteiger partial charge in [-0.25, -0.2) is 0 Å². The molecule has 0 saturated heterocycles. The van der Waals surface area contributed by atoms with Crippen LogP contribution in [0, 0.1) is 11.3 Å². The molecule has 16 heavy (non-hydrogen) atoms. The van der Waals surface area contributed by atoms with Crippen LogP contribution >= 0.6 is 0 Å². The molecule has 0 aromatic carbocycles. The lowest BCUT2D eigenvalue weighted by molar-refractivity contribution is 0.268. The Bertz CT molecular complexity index is 200. The van der Waals surface area contributed by atoms with Crippen molar-refractivity contribution in [3.05, 3.63) is 12.2 Å². The fraction of sp³-hybridized carbons (Fsp3) is 0.875. The average Bonchev–Trinajstić information content (AvgIpc) is 2.24. The second kappa shape index (κ2) is 7.14. The van der Waals surface area contributed by atoms with E-state index in [0.717, 1.165) is 5.92 Å². The fourth-order valence-corrected chi connectivity index (χ4v) is 2.55. The summed E-state index contributed by atoms with van der Waals surface area (Å²) >= 11 is 0. The number of rotatable bonds is 0. The third kappa shape index (κ3) is 6.35. The zero-order valence-corrected chi connectivity index (χ0v) is 11.6. The first kappa shape index (κ1) is 13.8. The summed E-state index contributed by atoms with van der Waals surface area (Å²) in [6.07, 6.45) is 17.3. The van der Waals surface area contributed by atoms with E-state index >= 15 is 0 Å². The first-order chi connectivity index (χ1) is 7.60. The normalized spacial score (nSPS) is 28.8. The molecule has 0 heteroatoms. The second-order valence-corrected chi connectivity index (χ2v) is 6.47. The van der Waals surface area contributed by atoms with Gasteiger partial charge in [0.2, 0.25) is 0 Å². The summed E-state index contributed by atoms with van der Waals surface area (Å²) in [6.45, 7) is 7.31. The topological polar surface area (TPSA) is 0 Å². The molecule has 0 aromatic heterocycles. The zero-order valence-electron chi connectivity index (χ0n) is 11.6. The molecule has 0 nitrogen and oxygen atoms in total. The molecule has 1 unspecified atom stereocenters. The van der Waals surface area contributed by atoms with Crippen LogP contribution in [0.5, 0.6) is 0 Å². The Labute approximate surface area is 103 Å². The Morgan fingerprint density at radius 1 is 0.938 bits per heavy atom. The molecule has 1 aliphatic carbocycles. The summed E-state index contributed by atoms with van der Waals surface area (Å²) in [5.41, 5.74) is 0.575. The van der Waals surface area contributed by atoms with Gasteiger partial charge in [-0.15, -0.1) is 0 Å². The predicted molar refractivity (Wildman–Crippen MR) is 73.6 cm³/mol. The highest BCUT2D eigenvalue weighted by Crippen LogP contribution is 2.31. The molecule has 94 valence electrons. The minimum atomic E-state index is 0.575. The lowest BCUT2D eigenvalue weighted by Crippen LogP contribution is -2.12. The molecule has 1 aliphatic rings. The van der Waals surface area contributed by atoms with Crippen LogP contribution < -0.4 is 0 Å². The minimum Gasteiger partial charge on any atom is -0.0885 e. The Kier molecular flexibility index (Phi) is 6.16. The van der Waals surface area contributed by atoms with Gasteiger partial charge in [-0.1, -0.05) is 52.2 Å². The van der Waals surface area contributed by atoms with E-state index in [1.807, 2.05) is 0 Å². The van der Waals surface area contributed by atoms with E-state index in [-0.39, 0.29) is 0 Å². The van der Waals surface area contributed by atoms with Gasteiger partial charge in [-0.05, 0) is 49.9 Å². The summed E-state index contributed by atoms with van der Waals surface area (Å²) in [4.78, 5) is 0. The van der Waals surface area contributed by atoms with Gasteiger partial charge in [0.1, 0.15) is 0 Å². The van der Waals surface area contributed by atoms with E-state index < -0.39 is 0 Å². The van der Waals surface area contributed by atoms with Crippen LogP contribution in [0.15, 0.2) is 12.2 Å². The van der Waals surface area contributed by atoms with Gasteiger partial charge in [0.25, 0.3) is 0 Å². The molecule has 0 heterocycles. The van der Waals surface area contributed by atoms with Crippen molar-refractivity contribution in [1.29, 1.82) is 0 Å². The third-order valence-electron chi connectivity index (χ3n) is 3.99. The van der Waals surface area contributed by atoms with Crippen LogP contribution in [0.1, 0.15) is 78.6 Å². The largest absolute Gasteiger partial charge is 0.0885 e. The van der Waals surface area contributed by atoms with Gasteiger partial charge >= 0.3 is 0 Å². The highest BCUT2D eigenvalue weighted by atomic mass is 14.2. The van der Waals surface area contributed by atoms with Crippen molar-refractivity contribution in [1.82, 2.24) is 0 Å². The molecule has 0 radical (unpaired) electrons. The number of allylic oxidation sites excluding steroid dienone is 2. The summed E-state index contributed by atoms with van der Waals surface area (Å²) in [5, 5.41) is 0. The quantitative estimate of drug-likeness (QED) is 0.459. The van der Waals surface area contributed by atoms with Crippen LogP contribution in [-0.2, 0) is 0 Å². The highest BCUT2D eigenvalue weighted by molar-refractivity contribution is 4.84. The van der Waals surface area contributed by atoms with Crippen molar-refractivity contribution in [3.63, 3.8) is 0 Å². The molecule has 0 saturated carbocycles. The summed E-state index contributed by atoms with van der Waals surface area (Å²) in [5.74, 6) is 0.872. The van der Waals surface area contributed by atoms with E-state index in [4.69, 9.17) is 0 Å². The second-order valence-electron chi connectivity index (χ2n) is 6.47. The van der Waals surface area contributed by atoms with Crippen molar-refractivity contribution < 1.29 is 0 Å². The predicted octanol–water partition coefficient (Wildman–Crippen LogP) is 5.73. The van der Waals surface area contributed by atoms with Crippen molar-refractivity contribution in [2.75, 3.05) is 0 Å². The smallest absolute Gasteiger partial charge is 0.0325 e. The first-order valence-electron chi connectivity index (χ1n) is 7.25. The lowest BCUT2D eigenvalue weighted by atomic mass is 9.80. The van der Waals surface area contributed by atoms with Crippen molar-refractivity contribution in [2.45, 2.75) is 78.6 Å². The van der Waals surface area contributed by atoms with E-state index in [9.17, 15) is 0 Å². The van der Waals surface area contributed by atoms with Crippen LogP contribution in [0.4, 0.5) is 0 Å². The van der Waals surface area contributed by atoms with Crippen molar-refractivity contribution in [2.24, 2.45) is 11.3 Å². The average molecular weight is 222 g/mol. The van der Waals surface area contributed by atoms with E-state index in [1.54, 1.807) is 0 Å². The molecule has 0 spiro atoms. The Hall–Kier alpha value is -0.260. The lowest BCUT2D eigenvalue weighted by Gasteiger charge is -2.26. The van der Waals surface area contributed by atoms with Gasteiger partial charge in [0.15, 0.2) is 0 Å². The number of hydrogen-bond acceptors (Lipinski definition) is 0. The molecule has 0 fully saturated rings. The maximum atomic E-state index is 2.45. The SMILES string of the molecule is CC1CC=CCCCCCCC(C)(C)CC1. The Morgan fingerprint density at radius 2 is 1.69 bits per heavy atom. The van der Waals surface area contributed by atoms with Crippen molar-refractivity contribution >= 4 is 0 Å². The van der Waals surface area contributed by atoms with Gasteiger partial charge in [-0.3, -0.25) is 0 Å². The van der Waals surface area contributed by atoms with Crippen molar-refractivity contribution in [3.8, 4) is 0 Å². The third-order valence-corrected chi connectivity index (χ3v) is 3.99. The molecule has 1 atom stereocenters. The van der Waals surface area contributed by atoms with Crippen LogP contribution in [0.25, 0.3) is 0 Å². The van der Waals surface area contributed by atoms with Gasteiger partial charge in [0, 0.05) is 0 Å². The maximum absolute atomic E-state index is 2.45. The van der Waals surface area contributed by atoms with E-state index in [2.05, 4.69) is 32.9 Å². The molecule has 0 N–H and O–H groups in total. The van der Waals surface area contributed by atoms with Gasteiger partial charge in [-0.2, -0.15) is 0 Å². The monoisotopic (exact) mass is 222 g/mol. The summed E-state index contributed by atoms with van der Waals surface area (Å²) in [6, 6.07) is 0. The Morgan fingerprint density at radius 3 is 2.50 bits per heavy atom. The van der Waals surface area contributed by atoms with Crippen LogP contribution in [0.3, 0.4) is 0 Å². The molecular weight excluding hydrogens is 192 g/mol. The highest BCUT2D eigenvalue weighted by Gasteiger charge is 2.18. The minimum absolute atomic E-state index is 0.575. The molecule has 0 bridgehead atoms. The molecule has 0 aromatic rings. The standard InChI is InChI=1S/C16H30/c1-15-11-9-7-5-4-6-8-10-13-16(2,3)14-12-15/h7,9,15H,4-6,8,10-14H2,1-3H3. The molecule has 1 rings (SSSR count). The first-order valence-corrected chi connectivity index (χ1v) is 7.25.